The number of pyridine rings is 1. The Kier molecular flexibility index (Phi) is 4.13. The highest BCUT2D eigenvalue weighted by Gasteiger charge is 2.70. The van der Waals surface area contributed by atoms with Crippen LogP contribution in [0.4, 0.5) is 0 Å². The minimum atomic E-state index is -0.497. The van der Waals surface area contributed by atoms with E-state index in [1.807, 2.05) is 0 Å². The number of imidazole rings is 1. The molecule has 0 N–H and O–H groups in total. The van der Waals surface area contributed by atoms with Gasteiger partial charge in [-0.1, -0.05) is 66.7 Å². The number of rotatable bonds is 2. The van der Waals surface area contributed by atoms with Gasteiger partial charge < -0.3 is 4.57 Å². The van der Waals surface area contributed by atoms with Crippen molar-refractivity contribution in [2.45, 2.75) is 12.5 Å². The van der Waals surface area contributed by atoms with Crippen LogP contribution in [-0.4, -0.2) is 9.13 Å². The molecular weight excluding hydrogens is 548 g/mol. The van der Waals surface area contributed by atoms with Gasteiger partial charge in [0.2, 0.25) is 5.69 Å². The van der Waals surface area contributed by atoms with E-state index in [-0.39, 0.29) is 0 Å². The predicted molar refractivity (Wildman–Crippen MR) is 178 cm³/mol. The second-order valence-corrected chi connectivity index (χ2v) is 12.7. The molecule has 11 rings (SSSR count). The number of benzene rings is 5. The summed E-state index contributed by atoms with van der Waals surface area (Å²) in [6, 6.07) is 46.9. The standard InChI is InChI=1S/C41H28N4/c1-25-38(28-20-18-27(19-21-28)26-11-4-3-5-12-26)42(2)40-41-36-31(32-15-8-9-24-43(32)41)14-10-17-34(36)45-33-16-7-6-13-29(33)30-22-23-35(44(25)40)37(41)39(30)45/h3-24H,1-2H3/q+2. The second kappa shape index (κ2) is 7.85. The van der Waals surface area contributed by atoms with Crippen molar-refractivity contribution in [3.8, 4) is 45.0 Å². The topological polar surface area (TPSA) is 17.6 Å². The van der Waals surface area contributed by atoms with Gasteiger partial charge in [0.1, 0.15) is 11.3 Å². The molecule has 210 valence electrons. The average Bonchev–Trinajstić information content (AvgIpc) is 3.77. The molecule has 0 aliphatic carbocycles. The van der Waals surface area contributed by atoms with Crippen molar-refractivity contribution in [1.82, 2.24) is 9.13 Å². The lowest BCUT2D eigenvalue weighted by molar-refractivity contribution is -0.758. The van der Waals surface area contributed by atoms with Gasteiger partial charge in [-0.3, -0.25) is 0 Å². The fraction of sp³-hybridized carbons (Fsp3) is 0.0732. The fourth-order valence-corrected chi connectivity index (χ4v) is 9.13. The Labute approximate surface area is 260 Å². The van der Waals surface area contributed by atoms with E-state index in [2.05, 4.69) is 166 Å². The number of hydrogen-bond acceptors (Lipinski definition) is 0. The van der Waals surface area contributed by atoms with Crippen LogP contribution < -0.4 is 9.13 Å². The normalized spacial score (nSPS) is 16.3. The van der Waals surface area contributed by atoms with E-state index >= 15 is 0 Å². The molecule has 0 radical (unpaired) electrons. The largest absolute Gasteiger partial charge is 0.346 e. The zero-order valence-corrected chi connectivity index (χ0v) is 25.0. The number of para-hydroxylation sites is 1. The van der Waals surface area contributed by atoms with Gasteiger partial charge in [0, 0.05) is 35.4 Å². The third-order valence-corrected chi connectivity index (χ3v) is 10.7. The number of aromatic nitrogens is 4. The van der Waals surface area contributed by atoms with Crippen LogP contribution in [0.5, 0.6) is 0 Å². The van der Waals surface area contributed by atoms with E-state index in [4.69, 9.17) is 0 Å². The molecule has 1 spiro atoms. The molecule has 0 bridgehead atoms. The maximum absolute atomic E-state index is 2.56. The van der Waals surface area contributed by atoms with Crippen molar-refractivity contribution in [3.63, 3.8) is 0 Å². The van der Waals surface area contributed by atoms with Crippen LogP contribution in [0, 0.1) is 6.92 Å². The molecule has 0 fully saturated rings. The summed E-state index contributed by atoms with van der Waals surface area (Å²) in [6.07, 6.45) is 2.30. The molecular formula is C41H28N4+2. The molecule has 6 heterocycles. The lowest BCUT2D eigenvalue weighted by Gasteiger charge is -2.27. The van der Waals surface area contributed by atoms with Crippen LogP contribution in [0.3, 0.4) is 0 Å². The Bertz CT molecular complexity index is 2600. The third-order valence-electron chi connectivity index (χ3n) is 10.7. The Morgan fingerprint density at radius 2 is 1.31 bits per heavy atom. The van der Waals surface area contributed by atoms with Crippen LogP contribution in [0.25, 0.3) is 66.8 Å². The first-order chi connectivity index (χ1) is 22.2. The highest BCUT2D eigenvalue weighted by Crippen LogP contribution is 2.59. The maximum Gasteiger partial charge on any atom is 0.346 e. The van der Waals surface area contributed by atoms with Gasteiger partial charge in [-0.2, -0.15) is 9.13 Å². The zero-order valence-electron chi connectivity index (χ0n) is 25.0. The van der Waals surface area contributed by atoms with Crippen LogP contribution >= 0.6 is 0 Å². The monoisotopic (exact) mass is 576 g/mol. The van der Waals surface area contributed by atoms with E-state index in [1.54, 1.807) is 0 Å². The second-order valence-electron chi connectivity index (χ2n) is 12.7. The van der Waals surface area contributed by atoms with E-state index in [1.165, 1.54) is 89.5 Å². The molecule has 4 heteroatoms. The highest BCUT2D eigenvalue weighted by molar-refractivity contribution is 6.13. The summed E-state index contributed by atoms with van der Waals surface area (Å²) in [4.78, 5) is 0. The summed E-state index contributed by atoms with van der Waals surface area (Å²) in [6.45, 7) is 2.29. The summed E-state index contributed by atoms with van der Waals surface area (Å²) in [5, 5.41) is 2.62. The fourth-order valence-electron chi connectivity index (χ4n) is 9.13. The van der Waals surface area contributed by atoms with Crippen molar-refractivity contribution in [1.29, 1.82) is 0 Å². The Balaban J connectivity index is 1.29. The predicted octanol–water partition coefficient (Wildman–Crippen LogP) is 7.78. The van der Waals surface area contributed by atoms with Gasteiger partial charge >= 0.3 is 11.4 Å². The zero-order chi connectivity index (χ0) is 29.6. The first kappa shape index (κ1) is 23.7. The lowest BCUT2D eigenvalue weighted by Crippen LogP contribution is -2.60. The summed E-state index contributed by atoms with van der Waals surface area (Å²) in [5.41, 5.74) is 16.1. The van der Waals surface area contributed by atoms with Gasteiger partial charge in [-0.25, -0.2) is 4.57 Å². The summed E-state index contributed by atoms with van der Waals surface area (Å²) in [5.74, 6) is 1.28. The average molecular weight is 577 g/mol. The quantitative estimate of drug-likeness (QED) is 0.187. The molecule has 3 aliphatic rings. The van der Waals surface area contributed by atoms with Crippen LogP contribution in [-0.2, 0) is 12.6 Å². The molecule has 1 atom stereocenters. The van der Waals surface area contributed by atoms with Gasteiger partial charge in [0.15, 0.2) is 17.6 Å². The Hall–Kier alpha value is -5.74. The summed E-state index contributed by atoms with van der Waals surface area (Å²) >= 11 is 0. The highest BCUT2D eigenvalue weighted by atomic mass is 15.3. The van der Waals surface area contributed by atoms with Crippen LogP contribution in [0.15, 0.2) is 134 Å². The summed E-state index contributed by atoms with van der Waals surface area (Å²) < 4.78 is 10.1. The van der Waals surface area contributed by atoms with Crippen molar-refractivity contribution >= 4 is 21.8 Å². The van der Waals surface area contributed by atoms with Crippen molar-refractivity contribution in [2.75, 3.05) is 0 Å². The van der Waals surface area contributed by atoms with Gasteiger partial charge in [0.25, 0.3) is 0 Å². The van der Waals surface area contributed by atoms with Gasteiger partial charge in [-0.05, 0) is 59.7 Å². The minimum Gasteiger partial charge on any atom is -0.308 e. The van der Waals surface area contributed by atoms with Crippen LogP contribution in [0.2, 0.25) is 0 Å². The minimum absolute atomic E-state index is 0.497. The van der Waals surface area contributed by atoms with E-state index in [0.29, 0.717) is 0 Å². The van der Waals surface area contributed by atoms with Crippen LogP contribution in [0.1, 0.15) is 22.6 Å². The molecule has 0 saturated heterocycles. The summed E-state index contributed by atoms with van der Waals surface area (Å²) in [7, 11) is 2.27. The molecule has 45 heavy (non-hydrogen) atoms. The Morgan fingerprint density at radius 3 is 2.18 bits per heavy atom. The first-order valence-corrected chi connectivity index (χ1v) is 15.7. The SMILES string of the molecule is Cc1c(-c2ccc(-c3ccccc3)cc2)[n+](C)c2n1-c1ccc3c4ccccc4n4c3c1C21c2c(cccc2-4)-c2cccc[n+]21. The third kappa shape index (κ3) is 2.52. The molecule has 0 amide bonds. The number of fused-ring (bicyclic) bond motifs is 8. The van der Waals surface area contributed by atoms with E-state index in [9.17, 15) is 0 Å². The van der Waals surface area contributed by atoms with Gasteiger partial charge in [-0.15, -0.1) is 0 Å². The molecule has 5 aromatic carbocycles. The van der Waals surface area contributed by atoms with E-state index < -0.39 is 5.54 Å². The van der Waals surface area contributed by atoms with Crippen molar-refractivity contribution in [2.24, 2.45) is 7.05 Å². The lowest BCUT2D eigenvalue weighted by atomic mass is 9.79. The van der Waals surface area contributed by atoms with Crippen molar-refractivity contribution in [3.05, 3.63) is 156 Å². The molecule has 3 aliphatic heterocycles. The molecule has 0 saturated carbocycles. The molecule has 1 unspecified atom stereocenters. The molecule has 3 aromatic heterocycles. The maximum atomic E-state index is 2.56. The first-order valence-electron chi connectivity index (χ1n) is 15.7. The van der Waals surface area contributed by atoms with Gasteiger partial charge in [0.05, 0.1) is 34.9 Å². The smallest absolute Gasteiger partial charge is 0.308 e. The molecule has 4 nitrogen and oxygen atoms in total. The number of hydrogen-bond donors (Lipinski definition) is 0. The molecule has 8 aromatic rings. The van der Waals surface area contributed by atoms with Crippen molar-refractivity contribution < 1.29 is 9.13 Å². The Morgan fingerprint density at radius 1 is 0.578 bits per heavy atom. The number of nitrogens with zero attached hydrogens (tertiary/aromatic N) is 4. The van der Waals surface area contributed by atoms with E-state index in [0.717, 1.165) is 0 Å².